The molecule has 0 radical (unpaired) electrons. The molecule has 2 aromatic heterocycles. The molecule has 3 heterocycles. The van der Waals surface area contributed by atoms with E-state index in [0.717, 1.165) is 36.2 Å². The van der Waals surface area contributed by atoms with Crippen molar-refractivity contribution in [3.05, 3.63) is 102 Å². The van der Waals surface area contributed by atoms with E-state index in [-0.39, 0.29) is 24.1 Å². The Bertz CT molecular complexity index is 1950. The number of rotatable bonds is 8. The standard InChI is InChI=1S/C31H27FN6O3.C5H11NO2/c1-41-27-18-22(30(40)37-15-2-16-37)7-13-26(27)34-31-35-28-14-8-23(19-38(28)36-31)21-5-11-25(12-6-21)33-29(39)17-20-3-9-24(32)10-4-20;1-5(2,3)8-4(6)7/h3-14,18-19H,2,15-17H2,1H3,(H,33,39)(H,34,36);1-3H3,(H2,6,7). The Kier molecular flexibility index (Phi) is 10.4. The molecule has 49 heavy (non-hydrogen) atoms. The molecular weight excluding hydrogens is 629 g/mol. The number of carbonyl (C=O) groups excluding carboxylic acids is 3. The summed E-state index contributed by atoms with van der Waals surface area (Å²) in [4.78, 5) is 41.3. The number of hydrogen-bond acceptors (Lipinski definition) is 8. The normalized spacial score (nSPS) is 12.3. The van der Waals surface area contributed by atoms with Gasteiger partial charge in [-0.3, -0.25) is 9.59 Å². The Hall–Kier alpha value is -5.98. The van der Waals surface area contributed by atoms with Gasteiger partial charge in [-0.15, -0.1) is 5.10 Å². The first kappa shape index (κ1) is 34.4. The second-order valence-electron chi connectivity index (χ2n) is 12.3. The molecule has 0 unspecified atom stereocenters. The summed E-state index contributed by atoms with van der Waals surface area (Å²) in [5.74, 6) is 0.410. The first-order valence-electron chi connectivity index (χ1n) is 15.6. The van der Waals surface area contributed by atoms with E-state index in [0.29, 0.717) is 34.3 Å². The molecular formula is C36H38FN7O5. The third kappa shape index (κ3) is 9.31. The number of hydrogen-bond donors (Lipinski definition) is 3. The van der Waals surface area contributed by atoms with Crippen LogP contribution in [0.25, 0.3) is 16.8 Å². The van der Waals surface area contributed by atoms with Crippen molar-refractivity contribution in [3.63, 3.8) is 0 Å². The van der Waals surface area contributed by atoms with Crippen LogP contribution in [0.1, 0.15) is 43.1 Å². The van der Waals surface area contributed by atoms with Crippen LogP contribution in [0.3, 0.4) is 0 Å². The van der Waals surface area contributed by atoms with Gasteiger partial charge in [-0.25, -0.2) is 13.7 Å². The van der Waals surface area contributed by atoms with Gasteiger partial charge < -0.3 is 30.7 Å². The number of methoxy groups -OCH3 is 1. The van der Waals surface area contributed by atoms with Gasteiger partial charge in [-0.1, -0.05) is 24.3 Å². The minimum Gasteiger partial charge on any atom is -0.495 e. The van der Waals surface area contributed by atoms with Crippen LogP contribution in [0.4, 0.5) is 26.5 Å². The predicted molar refractivity (Wildman–Crippen MR) is 184 cm³/mol. The molecule has 1 aliphatic rings. The van der Waals surface area contributed by atoms with Crippen molar-refractivity contribution in [2.24, 2.45) is 5.73 Å². The molecule has 0 atom stereocenters. The van der Waals surface area contributed by atoms with Crippen LogP contribution < -0.4 is 21.1 Å². The lowest BCUT2D eigenvalue weighted by Gasteiger charge is -2.31. The van der Waals surface area contributed by atoms with E-state index in [1.54, 1.807) is 62.7 Å². The van der Waals surface area contributed by atoms with E-state index in [9.17, 15) is 18.8 Å². The molecule has 1 aliphatic heterocycles. The van der Waals surface area contributed by atoms with Crippen LogP contribution in [0.15, 0.2) is 85.1 Å². The monoisotopic (exact) mass is 667 g/mol. The number of primary amides is 1. The number of fused-ring (bicyclic) bond motifs is 1. The van der Waals surface area contributed by atoms with Crippen molar-refractivity contribution < 1.29 is 28.2 Å². The van der Waals surface area contributed by atoms with Crippen LogP contribution in [0, 0.1) is 5.82 Å². The molecule has 3 amide bonds. The highest BCUT2D eigenvalue weighted by molar-refractivity contribution is 5.96. The van der Waals surface area contributed by atoms with Crippen molar-refractivity contribution >= 4 is 40.9 Å². The summed E-state index contributed by atoms with van der Waals surface area (Å²) < 4.78 is 24.9. The summed E-state index contributed by atoms with van der Waals surface area (Å²) in [5, 5.41) is 10.6. The number of benzene rings is 3. The Morgan fingerprint density at radius 1 is 0.939 bits per heavy atom. The number of nitrogens with one attached hydrogen (secondary N) is 2. The van der Waals surface area contributed by atoms with Crippen molar-refractivity contribution in [1.29, 1.82) is 0 Å². The average Bonchev–Trinajstić information content (AvgIpc) is 3.42. The van der Waals surface area contributed by atoms with Crippen LogP contribution in [-0.2, 0) is 16.0 Å². The summed E-state index contributed by atoms with van der Waals surface area (Å²) in [6.45, 7) is 6.86. The summed E-state index contributed by atoms with van der Waals surface area (Å²) in [6.07, 6.45) is 2.35. The summed E-state index contributed by atoms with van der Waals surface area (Å²) in [7, 11) is 1.56. The Morgan fingerprint density at radius 2 is 1.63 bits per heavy atom. The summed E-state index contributed by atoms with van der Waals surface area (Å²) >= 11 is 0. The van der Waals surface area contributed by atoms with Crippen molar-refractivity contribution in [2.45, 2.75) is 39.2 Å². The van der Waals surface area contributed by atoms with Crippen molar-refractivity contribution in [3.8, 4) is 16.9 Å². The van der Waals surface area contributed by atoms with Gasteiger partial charge >= 0.3 is 6.09 Å². The average molecular weight is 668 g/mol. The van der Waals surface area contributed by atoms with E-state index < -0.39 is 11.7 Å². The number of ether oxygens (including phenoxy) is 2. The topological polar surface area (TPSA) is 153 Å². The van der Waals surface area contributed by atoms with Gasteiger partial charge in [0.1, 0.15) is 17.2 Å². The van der Waals surface area contributed by atoms with Crippen LogP contribution in [0.2, 0.25) is 0 Å². The highest BCUT2D eigenvalue weighted by atomic mass is 19.1. The molecule has 5 aromatic rings. The highest BCUT2D eigenvalue weighted by Gasteiger charge is 2.22. The Morgan fingerprint density at radius 3 is 2.22 bits per heavy atom. The first-order valence-corrected chi connectivity index (χ1v) is 15.6. The van der Waals surface area contributed by atoms with Gasteiger partial charge in [0.2, 0.25) is 11.9 Å². The summed E-state index contributed by atoms with van der Waals surface area (Å²) in [5.41, 5.74) is 9.43. The van der Waals surface area contributed by atoms with Crippen molar-refractivity contribution in [2.75, 3.05) is 30.8 Å². The van der Waals surface area contributed by atoms with Crippen LogP contribution in [0.5, 0.6) is 5.75 Å². The number of nitrogens with two attached hydrogens (primary N) is 1. The van der Waals surface area contributed by atoms with Gasteiger partial charge in [-0.2, -0.15) is 4.98 Å². The number of carbonyl (C=O) groups is 3. The Labute approximate surface area is 283 Å². The number of nitrogens with zero attached hydrogens (tertiary/aromatic N) is 4. The number of likely N-dealkylation sites (tertiary alicyclic amines) is 1. The van der Waals surface area contributed by atoms with Gasteiger partial charge in [-0.05, 0) is 92.9 Å². The second kappa shape index (κ2) is 14.8. The molecule has 0 bridgehead atoms. The van der Waals surface area contributed by atoms with E-state index in [4.69, 9.17) is 10.5 Å². The molecule has 254 valence electrons. The lowest BCUT2D eigenvalue weighted by Crippen LogP contribution is -2.42. The smallest absolute Gasteiger partial charge is 0.405 e. The van der Waals surface area contributed by atoms with Crippen molar-refractivity contribution in [1.82, 2.24) is 19.5 Å². The fourth-order valence-electron chi connectivity index (χ4n) is 4.90. The molecule has 1 saturated heterocycles. The second-order valence-corrected chi connectivity index (χ2v) is 12.3. The zero-order valence-corrected chi connectivity index (χ0v) is 27.7. The zero-order chi connectivity index (χ0) is 35.1. The maximum Gasteiger partial charge on any atom is 0.405 e. The number of halogens is 1. The number of amides is 3. The van der Waals surface area contributed by atoms with E-state index in [1.165, 1.54) is 12.1 Å². The fourth-order valence-corrected chi connectivity index (χ4v) is 4.90. The number of aromatic nitrogens is 3. The lowest BCUT2D eigenvalue weighted by molar-refractivity contribution is -0.115. The first-order chi connectivity index (χ1) is 23.4. The Balaban J connectivity index is 0.000000523. The van der Waals surface area contributed by atoms with Crippen LogP contribution in [-0.4, -0.2) is 63.2 Å². The molecule has 0 saturated carbocycles. The molecule has 12 nitrogen and oxygen atoms in total. The SMILES string of the molecule is CC(C)(C)OC(N)=O.COc1cc(C(=O)N2CCC2)ccc1Nc1nc2ccc(-c3ccc(NC(=O)Cc4ccc(F)cc4)cc3)cn2n1. The minimum absolute atomic E-state index is 0.0000963. The van der Waals surface area contributed by atoms with Gasteiger partial charge in [0.15, 0.2) is 5.65 Å². The molecule has 1 fully saturated rings. The maximum atomic E-state index is 13.1. The quantitative estimate of drug-likeness (QED) is 0.177. The third-order valence-corrected chi connectivity index (χ3v) is 7.36. The van der Waals surface area contributed by atoms with Crippen LogP contribution >= 0.6 is 0 Å². The summed E-state index contributed by atoms with van der Waals surface area (Å²) in [6, 6.07) is 22.5. The molecule has 0 aliphatic carbocycles. The molecule has 3 aromatic carbocycles. The van der Waals surface area contributed by atoms with Gasteiger partial charge in [0, 0.05) is 36.1 Å². The molecule has 0 spiro atoms. The lowest BCUT2D eigenvalue weighted by atomic mass is 10.1. The fraction of sp³-hybridized carbons (Fsp3) is 0.250. The predicted octanol–water partition coefficient (Wildman–Crippen LogP) is 6.19. The highest BCUT2D eigenvalue weighted by Crippen LogP contribution is 2.29. The van der Waals surface area contributed by atoms with E-state index >= 15 is 0 Å². The van der Waals surface area contributed by atoms with Gasteiger partial charge in [0.25, 0.3) is 5.91 Å². The van der Waals surface area contributed by atoms with Gasteiger partial charge in [0.05, 0.1) is 19.2 Å². The molecule has 13 heteroatoms. The largest absolute Gasteiger partial charge is 0.495 e. The maximum absolute atomic E-state index is 13.1. The number of pyridine rings is 1. The third-order valence-electron chi connectivity index (χ3n) is 7.36. The number of anilines is 3. The van der Waals surface area contributed by atoms with E-state index in [1.807, 2.05) is 47.5 Å². The zero-order valence-electron chi connectivity index (χ0n) is 27.7. The molecule has 4 N–H and O–H groups in total. The molecule has 6 rings (SSSR count). The van der Waals surface area contributed by atoms with E-state index in [2.05, 4.69) is 25.5 Å². The minimum atomic E-state index is -0.725.